The predicted octanol–water partition coefficient (Wildman–Crippen LogP) is 5.27. The number of aromatic nitrogens is 1. The molecule has 0 saturated carbocycles. The van der Waals surface area contributed by atoms with Crippen molar-refractivity contribution in [2.24, 2.45) is 11.3 Å². The van der Waals surface area contributed by atoms with Gasteiger partial charge < -0.3 is 4.98 Å². The second-order valence-corrected chi connectivity index (χ2v) is 7.43. The molecule has 0 spiro atoms. The molecule has 0 bridgehead atoms. The Bertz CT molecular complexity index is 709. The van der Waals surface area contributed by atoms with Gasteiger partial charge in [0.15, 0.2) is 5.78 Å². The third kappa shape index (κ3) is 2.06. The van der Waals surface area contributed by atoms with Crippen molar-refractivity contribution in [1.82, 2.24) is 4.98 Å². The monoisotopic (exact) mass is 309 g/mol. The summed E-state index contributed by atoms with van der Waals surface area (Å²) in [5, 5.41) is 2.07. The summed E-state index contributed by atoms with van der Waals surface area (Å²) in [7, 11) is 0. The van der Waals surface area contributed by atoms with Gasteiger partial charge in [0.1, 0.15) is 0 Å². The van der Waals surface area contributed by atoms with Crippen LogP contribution in [0.5, 0.6) is 0 Å². The first-order chi connectivity index (χ1) is 9.29. The van der Waals surface area contributed by atoms with Gasteiger partial charge in [-0.05, 0) is 36.0 Å². The van der Waals surface area contributed by atoms with E-state index in [4.69, 9.17) is 23.2 Å². The molecule has 4 heteroatoms. The van der Waals surface area contributed by atoms with Crippen LogP contribution in [0.2, 0.25) is 10.0 Å². The van der Waals surface area contributed by atoms with Gasteiger partial charge in [-0.2, -0.15) is 0 Å². The average Bonchev–Trinajstić information content (AvgIpc) is 2.68. The molecule has 2 aromatic rings. The van der Waals surface area contributed by atoms with Gasteiger partial charge in [-0.1, -0.05) is 44.0 Å². The lowest BCUT2D eigenvalue weighted by atomic mass is 9.71. The molecule has 106 valence electrons. The lowest BCUT2D eigenvalue weighted by molar-refractivity contribution is 0.0783. The Hall–Kier alpha value is -0.990. The average molecular weight is 310 g/mol. The maximum Gasteiger partial charge on any atom is 0.182 e. The molecule has 1 aliphatic carbocycles. The van der Waals surface area contributed by atoms with Crippen LogP contribution in [0.25, 0.3) is 10.9 Å². The number of Topliss-reactive ketones (excluding diaryl/α,β-unsaturated/α-hetero) is 1. The van der Waals surface area contributed by atoms with Crippen molar-refractivity contribution in [3.05, 3.63) is 33.4 Å². The summed E-state index contributed by atoms with van der Waals surface area (Å²) >= 11 is 12.1. The lowest BCUT2D eigenvalue weighted by Gasteiger charge is -2.32. The van der Waals surface area contributed by atoms with E-state index in [1.807, 2.05) is 6.07 Å². The molecule has 1 aromatic heterocycles. The number of ketones is 1. The highest BCUT2D eigenvalue weighted by Gasteiger charge is 2.37. The molecular weight excluding hydrogens is 293 g/mol. The quantitative estimate of drug-likeness (QED) is 0.707. The smallest absolute Gasteiger partial charge is 0.182 e. The van der Waals surface area contributed by atoms with Crippen molar-refractivity contribution in [2.45, 2.75) is 33.6 Å². The maximum atomic E-state index is 12.7. The van der Waals surface area contributed by atoms with Gasteiger partial charge in [-0.15, -0.1) is 0 Å². The van der Waals surface area contributed by atoms with Crippen LogP contribution in [0.4, 0.5) is 0 Å². The molecule has 0 fully saturated rings. The number of aromatic amines is 1. The van der Waals surface area contributed by atoms with Gasteiger partial charge in [-0.3, -0.25) is 4.79 Å². The number of aryl methyl sites for hydroxylation is 1. The number of benzene rings is 1. The number of hydrogen-bond acceptors (Lipinski definition) is 1. The van der Waals surface area contributed by atoms with E-state index in [9.17, 15) is 4.79 Å². The highest BCUT2D eigenvalue weighted by molar-refractivity contribution is 6.42. The summed E-state index contributed by atoms with van der Waals surface area (Å²) in [4.78, 5) is 15.9. The second kappa shape index (κ2) is 4.51. The molecule has 20 heavy (non-hydrogen) atoms. The maximum absolute atomic E-state index is 12.7. The predicted molar refractivity (Wildman–Crippen MR) is 83.9 cm³/mol. The molecule has 1 unspecified atom stereocenters. The number of nitrogens with one attached hydrogen (secondary N) is 1. The van der Waals surface area contributed by atoms with Crippen molar-refractivity contribution in [2.75, 3.05) is 0 Å². The van der Waals surface area contributed by atoms with Crippen LogP contribution in [0.1, 0.15) is 43.2 Å². The molecule has 3 rings (SSSR count). The second-order valence-electron chi connectivity index (χ2n) is 6.61. The summed E-state index contributed by atoms with van der Waals surface area (Å²) in [6, 6.07) is 3.66. The van der Waals surface area contributed by atoms with E-state index < -0.39 is 0 Å². The van der Waals surface area contributed by atoms with Crippen LogP contribution in [0.15, 0.2) is 12.1 Å². The summed E-state index contributed by atoms with van der Waals surface area (Å²) in [6.07, 6.45) is 1.80. The van der Waals surface area contributed by atoms with Gasteiger partial charge in [-0.25, -0.2) is 0 Å². The van der Waals surface area contributed by atoms with Gasteiger partial charge in [0, 0.05) is 16.8 Å². The summed E-state index contributed by atoms with van der Waals surface area (Å²) in [5.74, 6) is 0.274. The fraction of sp³-hybridized carbons (Fsp3) is 0.438. The highest BCUT2D eigenvalue weighted by Crippen LogP contribution is 2.40. The fourth-order valence-electron chi connectivity index (χ4n) is 3.13. The Balaban J connectivity index is 2.17. The first-order valence-electron chi connectivity index (χ1n) is 6.83. The number of fused-ring (bicyclic) bond motifs is 3. The summed E-state index contributed by atoms with van der Waals surface area (Å²) in [6.45, 7) is 6.37. The largest absolute Gasteiger partial charge is 0.352 e. The van der Waals surface area contributed by atoms with Gasteiger partial charge >= 0.3 is 0 Å². The number of hydrogen-bond donors (Lipinski definition) is 1. The number of carbonyl (C=O) groups is 1. The molecule has 0 radical (unpaired) electrons. The zero-order chi connectivity index (χ0) is 14.7. The van der Waals surface area contributed by atoms with Crippen LogP contribution in [-0.2, 0) is 6.42 Å². The summed E-state index contributed by atoms with van der Waals surface area (Å²) in [5.41, 5.74) is 2.71. The number of carbonyl (C=O) groups excluding carboxylic acids is 1. The minimum atomic E-state index is -0.0125. The fourth-order valence-corrected chi connectivity index (χ4v) is 3.46. The van der Waals surface area contributed by atoms with Crippen LogP contribution >= 0.6 is 23.2 Å². The minimum Gasteiger partial charge on any atom is -0.352 e. The van der Waals surface area contributed by atoms with E-state index in [-0.39, 0.29) is 17.1 Å². The molecule has 2 nitrogen and oxygen atoms in total. The Morgan fingerprint density at radius 3 is 2.50 bits per heavy atom. The van der Waals surface area contributed by atoms with Crippen molar-refractivity contribution in [3.63, 3.8) is 0 Å². The van der Waals surface area contributed by atoms with Gasteiger partial charge in [0.05, 0.1) is 15.7 Å². The molecule has 0 saturated heterocycles. The van der Waals surface area contributed by atoms with Crippen LogP contribution in [-0.4, -0.2) is 10.8 Å². The van der Waals surface area contributed by atoms with E-state index in [0.717, 1.165) is 35.0 Å². The summed E-state index contributed by atoms with van der Waals surface area (Å²) < 4.78 is 0. The third-order valence-corrected chi connectivity index (χ3v) is 4.96. The molecule has 1 aliphatic rings. The molecule has 0 amide bonds. The topological polar surface area (TPSA) is 32.9 Å². The number of rotatable bonds is 0. The highest BCUT2D eigenvalue weighted by atomic mass is 35.5. The molecule has 1 atom stereocenters. The Labute approximate surface area is 128 Å². The van der Waals surface area contributed by atoms with Crippen LogP contribution < -0.4 is 0 Å². The first kappa shape index (κ1) is 14.0. The normalized spacial score (nSPS) is 19.4. The molecule has 1 N–H and O–H groups in total. The van der Waals surface area contributed by atoms with E-state index >= 15 is 0 Å². The van der Waals surface area contributed by atoms with Crippen LogP contribution in [0, 0.1) is 11.3 Å². The minimum absolute atomic E-state index is 0.0125. The van der Waals surface area contributed by atoms with Crippen LogP contribution in [0.3, 0.4) is 0 Å². The van der Waals surface area contributed by atoms with Gasteiger partial charge in [0.2, 0.25) is 0 Å². The molecular formula is C16H17Cl2NO. The van der Waals surface area contributed by atoms with Crippen molar-refractivity contribution < 1.29 is 4.79 Å². The molecule has 1 heterocycles. The van der Waals surface area contributed by atoms with Gasteiger partial charge in [0.25, 0.3) is 0 Å². The first-order valence-corrected chi connectivity index (χ1v) is 7.58. The van der Waals surface area contributed by atoms with E-state index in [1.165, 1.54) is 0 Å². The Morgan fingerprint density at radius 1 is 1.20 bits per heavy atom. The zero-order valence-corrected chi connectivity index (χ0v) is 13.3. The van der Waals surface area contributed by atoms with E-state index in [0.29, 0.717) is 10.0 Å². The lowest BCUT2D eigenvalue weighted by Crippen LogP contribution is -2.32. The zero-order valence-electron chi connectivity index (χ0n) is 11.8. The molecule has 1 aromatic carbocycles. The SMILES string of the molecule is CC(C)(C)C1CCc2c([nH]c3cc(Cl)c(Cl)cc23)C1=O. The number of H-pyrrole nitrogens is 1. The van der Waals surface area contributed by atoms with Crippen molar-refractivity contribution in [3.8, 4) is 0 Å². The number of halogens is 2. The standard InChI is InChI=1S/C16H17Cl2NO/c1-16(2,3)10-5-4-8-9-6-11(17)12(18)7-13(9)19-14(8)15(10)20/h6-7,10,19H,4-5H2,1-3H3. The Kier molecular flexibility index (Phi) is 3.15. The van der Waals surface area contributed by atoms with E-state index in [1.54, 1.807) is 6.07 Å². The third-order valence-electron chi connectivity index (χ3n) is 4.24. The Morgan fingerprint density at radius 2 is 1.85 bits per heavy atom. The van der Waals surface area contributed by atoms with Crippen molar-refractivity contribution in [1.29, 1.82) is 0 Å². The molecule has 0 aliphatic heterocycles. The van der Waals surface area contributed by atoms with E-state index in [2.05, 4.69) is 25.8 Å². The van der Waals surface area contributed by atoms with Crippen molar-refractivity contribution >= 4 is 39.9 Å².